The van der Waals surface area contributed by atoms with Gasteiger partial charge in [0.05, 0.1) is 22.3 Å². The number of amides is 1. The largest absolute Gasteiger partial charge is 0.416 e. The lowest BCUT2D eigenvalue weighted by Gasteiger charge is -2.16. The highest BCUT2D eigenvalue weighted by molar-refractivity contribution is 9.10. The number of nitrogens with zero attached hydrogens (tertiary/aromatic N) is 3. The molecule has 1 aromatic carbocycles. The first-order valence-corrected chi connectivity index (χ1v) is 8.99. The van der Waals surface area contributed by atoms with Gasteiger partial charge in [-0.1, -0.05) is 26.0 Å². The minimum absolute atomic E-state index is 0.00333. The maximum absolute atomic E-state index is 12.8. The van der Waals surface area contributed by atoms with Crippen molar-refractivity contribution in [3.05, 3.63) is 40.1 Å². The Morgan fingerprint density at radius 3 is 2.26 bits per heavy atom. The van der Waals surface area contributed by atoms with E-state index in [2.05, 4.69) is 31.2 Å². The quantitative estimate of drug-likeness (QED) is 0.734. The molecule has 0 radical (unpaired) electrons. The van der Waals surface area contributed by atoms with Crippen molar-refractivity contribution in [2.24, 2.45) is 0 Å². The van der Waals surface area contributed by atoms with Crippen LogP contribution in [-0.2, 0) is 11.0 Å². The summed E-state index contributed by atoms with van der Waals surface area (Å²) in [7, 11) is 3.29. The molecule has 146 valence electrons. The van der Waals surface area contributed by atoms with Gasteiger partial charge in [0, 0.05) is 25.6 Å². The van der Waals surface area contributed by atoms with E-state index in [9.17, 15) is 18.0 Å². The molecular weight excluding hydrogens is 425 g/mol. The average molecular weight is 445 g/mol. The number of aromatic nitrogens is 2. The Morgan fingerprint density at radius 2 is 1.78 bits per heavy atom. The number of halogens is 4. The molecule has 0 aliphatic carbocycles. The van der Waals surface area contributed by atoms with Gasteiger partial charge in [0.1, 0.15) is 11.6 Å². The molecule has 0 aliphatic rings. The third kappa shape index (κ3) is 5.18. The molecule has 1 aromatic heterocycles. The molecule has 0 fully saturated rings. The van der Waals surface area contributed by atoms with Crippen molar-refractivity contribution in [3.63, 3.8) is 0 Å². The number of hydrogen-bond acceptors (Lipinski definition) is 4. The third-order valence-corrected chi connectivity index (χ3v) is 4.53. The standard InChI is InChI=1S/C18H20BrF3N4O/c1-10(2)16-24-15(11-5-7-12(8-6-11)18(20,21)22)14(19)17(25-16)23-9-13(27)26(3)4/h5-8,10H,9H2,1-4H3,(H,23,24,25). The highest BCUT2D eigenvalue weighted by Gasteiger charge is 2.30. The monoisotopic (exact) mass is 444 g/mol. The molecule has 2 aromatic rings. The minimum atomic E-state index is -4.40. The fraction of sp³-hybridized carbons (Fsp3) is 0.389. The molecule has 0 saturated carbocycles. The van der Waals surface area contributed by atoms with E-state index >= 15 is 0 Å². The second-order valence-corrected chi connectivity index (χ2v) is 7.26. The van der Waals surface area contributed by atoms with Gasteiger partial charge in [0.25, 0.3) is 0 Å². The van der Waals surface area contributed by atoms with Crippen LogP contribution in [0.2, 0.25) is 0 Å². The van der Waals surface area contributed by atoms with Crippen LogP contribution >= 0.6 is 15.9 Å². The Labute approximate surface area is 164 Å². The number of nitrogens with one attached hydrogen (secondary N) is 1. The molecule has 0 atom stereocenters. The van der Waals surface area contributed by atoms with Gasteiger partial charge in [-0.2, -0.15) is 13.2 Å². The number of likely N-dealkylation sites (N-methyl/N-ethyl adjacent to an activating group) is 1. The molecule has 9 heteroatoms. The predicted molar refractivity (Wildman–Crippen MR) is 101 cm³/mol. The van der Waals surface area contributed by atoms with Crippen LogP contribution in [0.25, 0.3) is 11.3 Å². The smallest absolute Gasteiger partial charge is 0.360 e. The lowest BCUT2D eigenvalue weighted by Crippen LogP contribution is -2.29. The fourth-order valence-electron chi connectivity index (χ4n) is 2.17. The molecule has 1 N–H and O–H groups in total. The van der Waals surface area contributed by atoms with Crippen molar-refractivity contribution >= 4 is 27.7 Å². The first kappa shape index (κ1) is 21.1. The minimum Gasteiger partial charge on any atom is -0.360 e. The summed E-state index contributed by atoms with van der Waals surface area (Å²) in [5, 5.41) is 2.97. The summed E-state index contributed by atoms with van der Waals surface area (Å²) in [5.74, 6) is 0.797. The highest BCUT2D eigenvalue weighted by atomic mass is 79.9. The molecule has 0 unspecified atom stereocenters. The van der Waals surface area contributed by atoms with Gasteiger partial charge < -0.3 is 10.2 Å². The van der Waals surface area contributed by atoms with Gasteiger partial charge in [-0.3, -0.25) is 4.79 Å². The van der Waals surface area contributed by atoms with Crippen LogP contribution in [-0.4, -0.2) is 41.4 Å². The lowest BCUT2D eigenvalue weighted by atomic mass is 10.1. The lowest BCUT2D eigenvalue weighted by molar-refractivity contribution is -0.137. The molecule has 0 bridgehead atoms. The van der Waals surface area contributed by atoms with Gasteiger partial charge in [-0.15, -0.1) is 0 Å². The van der Waals surface area contributed by atoms with Crippen molar-refractivity contribution < 1.29 is 18.0 Å². The molecule has 5 nitrogen and oxygen atoms in total. The van der Waals surface area contributed by atoms with E-state index in [1.807, 2.05) is 13.8 Å². The fourth-order valence-corrected chi connectivity index (χ4v) is 2.71. The van der Waals surface area contributed by atoms with Crippen LogP contribution in [0.5, 0.6) is 0 Å². The summed E-state index contributed by atoms with van der Waals surface area (Å²) in [5.41, 5.74) is 0.249. The second-order valence-electron chi connectivity index (χ2n) is 6.46. The second kappa shape index (κ2) is 8.24. The normalized spacial score (nSPS) is 11.6. The maximum Gasteiger partial charge on any atom is 0.416 e. The topological polar surface area (TPSA) is 58.1 Å². The maximum atomic E-state index is 12.8. The van der Waals surface area contributed by atoms with Crippen molar-refractivity contribution in [2.75, 3.05) is 26.0 Å². The van der Waals surface area contributed by atoms with Crippen molar-refractivity contribution in [1.29, 1.82) is 0 Å². The van der Waals surface area contributed by atoms with E-state index in [1.165, 1.54) is 17.0 Å². The number of hydrogen-bond donors (Lipinski definition) is 1. The van der Waals surface area contributed by atoms with Crippen molar-refractivity contribution in [3.8, 4) is 11.3 Å². The zero-order valence-electron chi connectivity index (χ0n) is 15.4. The van der Waals surface area contributed by atoms with Crippen LogP contribution in [0, 0.1) is 0 Å². The van der Waals surface area contributed by atoms with E-state index in [4.69, 9.17) is 0 Å². The van der Waals surface area contributed by atoms with Gasteiger partial charge in [-0.25, -0.2) is 9.97 Å². The Bertz CT molecular complexity index is 821. The molecule has 0 aliphatic heterocycles. The number of benzene rings is 1. The average Bonchev–Trinajstić information content (AvgIpc) is 2.59. The Kier molecular flexibility index (Phi) is 6.46. The summed E-state index contributed by atoms with van der Waals surface area (Å²) in [6, 6.07) is 4.77. The number of rotatable bonds is 5. The van der Waals surface area contributed by atoms with Crippen LogP contribution < -0.4 is 5.32 Å². The predicted octanol–water partition coefficient (Wildman–Crippen LogP) is 4.55. The van der Waals surface area contributed by atoms with Crippen LogP contribution in [0.3, 0.4) is 0 Å². The zero-order chi connectivity index (χ0) is 20.4. The van der Waals surface area contributed by atoms with Gasteiger partial charge in [-0.05, 0) is 28.1 Å². The molecule has 2 rings (SSSR count). The number of anilines is 1. The van der Waals surface area contributed by atoms with Crippen LogP contribution in [0.15, 0.2) is 28.7 Å². The first-order valence-electron chi connectivity index (χ1n) is 8.19. The van der Waals surface area contributed by atoms with Gasteiger partial charge in [0.15, 0.2) is 0 Å². The number of carbonyl (C=O) groups is 1. The first-order chi connectivity index (χ1) is 12.5. The summed E-state index contributed by atoms with van der Waals surface area (Å²) in [4.78, 5) is 22.2. The molecular formula is C18H20BrF3N4O. The number of carbonyl (C=O) groups excluding carboxylic acids is 1. The van der Waals surface area contributed by atoms with Crippen LogP contribution in [0.1, 0.15) is 31.2 Å². The Morgan fingerprint density at radius 1 is 1.19 bits per heavy atom. The zero-order valence-corrected chi connectivity index (χ0v) is 16.9. The van der Waals surface area contributed by atoms with Gasteiger partial charge >= 0.3 is 6.18 Å². The Hall–Kier alpha value is -2.16. The van der Waals surface area contributed by atoms with E-state index in [0.717, 1.165) is 12.1 Å². The highest BCUT2D eigenvalue weighted by Crippen LogP contribution is 2.35. The molecule has 0 saturated heterocycles. The SMILES string of the molecule is CC(C)c1nc(NCC(=O)N(C)C)c(Br)c(-c2ccc(C(F)(F)F)cc2)n1. The molecule has 27 heavy (non-hydrogen) atoms. The van der Waals surface area contributed by atoms with Crippen molar-refractivity contribution in [1.82, 2.24) is 14.9 Å². The van der Waals surface area contributed by atoms with Gasteiger partial charge in [0.2, 0.25) is 5.91 Å². The third-order valence-electron chi connectivity index (χ3n) is 3.78. The van der Waals surface area contributed by atoms with E-state index in [-0.39, 0.29) is 18.4 Å². The summed E-state index contributed by atoms with van der Waals surface area (Å²) >= 11 is 3.41. The van der Waals surface area contributed by atoms with Crippen LogP contribution in [0.4, 0.5) is 19.0 Å². The molecule has 0 spiro atoms. The van der Waals surface area contributed by atoms with Crippen molar-refractivity contribution in [2.45, 2.75) is 25.9 Å². The number of alkyl halides is 3. The Balaban J connectivity index is 2.44. The summed E-state index contributed by atoms with van der Waals surface area (Å²) in [6.07, 6.45) is -4.40. The molecule has 1 amide bonds. The molecule has 1 heterocycles. The summed E-state index contributed by atoms with van der Waals surface area (Å²) in [6.45, 7) is 3.86. The summed E-state index contributed by atoms with van der Waals surface area (Å²) < 4.78 is 38.9. The van der Waals surface area contributed by atoms with E-state index in [1.54, 1.807) is 14.1 Å². The van der Waals surface area contributed by atoms with E-state index < -0.39 is 11.7 Å². The van der Waals surface area contributed by atoms with E-state index in [0.29, 0.717) is 27.4 Å².